The number of nitrogens with one attached hydrogen (secondary N) is 1. The Balaban J connectivity index is 1.00. The Hall–Kier alpha value is -5.37. The summed E-state index contributed by atoms with van der Waals surface area (Å²) in [5.74, 6) is 3.01. The predicted octanol–water partition coefficient (Wildman–Crippen LogP) is 3.53. The number of piperazine rings is 1. The minimum atomic E-state index is -1.44. The third-order valence-electron chi connectivity index (χ3n) is 8.56. The maximum absolute atomic E-state index is 14.7. The number of amides is 1. The number of halogens is 1. The molecule has 2 fully saturated rings. The van der Waals surface area contributed by atoms with Crippen molar-refractivity contribution in [3.05, 3.63) is 73.0 Å². The Morgan fingerprint density at radius 3 is 2.87 bits per heavy atom. The number of carbonyl (C=O) groups is 1. The maximum atomic E-state index is 14.7. The van der Waals surface area contributed by atoms with Gasteiger partial charge in [-0.05, 0) is 49.9 Å². The minimum Gasteiger partial charge on any atom is -0.487 e. The fourth-order valence-electron chi connectivity index (χ4n) is 6.29. The molecule has 3 aliphatic rings. The molecule has 1 aromatic carbocycles. The van der Waals surface area contributed by atoms with Crippen LogP contribution in [0.1, 0.15) is 5.56 Å². The molecule has 0 saturated carbocycles. The van der Waals surface area contributed by atoms with E-state index in [1.54, 1.807) is 15.6 Å². The van der Waals surface area contributed by atoms with E-state index in [1.165, 1.54) is 24.8 Å². The van der Waals surface area contributed by atoms with Gasteiger partial charge in [-0.15, -0.1) is 0 Å². The number of rotatable bonds is 6. The van der Waals surface area contributed by atoms with E-state index in [-0.39, 0.29) is 11.9 Å². The second-order valence-electron chi connectivity index (χ2n) is 12.0. The van der Waals surface area contributed by atoms with E-state index in [1.807, 2.05) is 55.3 Å². The predicted molar refractivity (Wildman–Crippen MR) is 169 cm³/mol. The van der Waals surface area contributed by atoms with E-state index >= 15 is 0 Å². The number of pyridine rings is 2. The van der Waals surface area contributed by atoms with Gasteiger partial charge < -0.3 is 24.6 Å². The number of carbonyl (C=O) groups excluding carboxylic acids is 1. The van der Waals surface area contributed by atoms with Crippen molar-refractivity contribution in [3.8, 4) is 17.2 Å². The molecular weight excluding hydrogens is 591 g/mol. The van der Waals surface area contributed by atoms with Gasteiger partial charge in [-0.1, -0.05) is 0 Å². The fraction of sp³-hybridized carbons (Fsp3) is 0.312. The topological polar surface area (TPSA) is 126 Å². The van der Waals surface area contributed by atoms with Crippen LogP contribution in [0.2, 0.25) is 0 Å². The van der Waals surface area contributed by atoms with Crippen LogP contribution in [-0.4, -0.2) is 103 Å². The number of likely N-dealkylation sites (tertiary alicyclic amines) is 1. The van der Waals surface area contributed by atoms with Crippen molar-refractivity contribution in [3.63, 3.8) is 0 Å². The zero-order valence-corrected chi connectivity index (χ0v) is 25.3. The molecular formula is C32H31FN10O3. The molecule has 2 bridgehead atoms. The number of hydrogen-bond acceptors (Lipinski definition) is 11. The fourth-order valence-corrected chi connectivity index (χ4v) is 6.29. The first-order valence-corrected chi connectivity index (χ1v) is 15.1. The number of fused-ring (bicyclic) bond motifs is 6. The summed E-state index contributed by atoms with van der Waals surface area (Å²) in [6, 6.07) is 11.1. The first-order valence-electron chi connectivity index (χ1n) is 15.1. The van der Waals surface area contributed by atoms with Crippen LogP contribution in [0.25, 0.3) is 16.7 Å². The molecule has 2 saturated heterocycles. The second-order valence-corrected chi connectivity index (χ2v) is 12.0. The number of anilines is 3. The van der Waals surface area contributed by atoms with Crippen LogP contribution >= 0.6 is 0 Å². The van der Waals surface area contributed by atoms with Crippen LogP contribution in [0, 0.1) is 6.92 Å². The average Bonchev–Trinajstić information content (AvgIpc) is 3.46. The van der Waals surface area contributed by atoms with Crippen molar-refractivity contribution in [2.24, 2.45) is 0 Å². The van der Waals surface area contributed by atoms with Gasteiger partial charge in [0.15, 0.2) is 28.7 Å². The van der Waals surface area contributed by atoms with Gasteiger partial charge in [-0.25, -0.2) is 28.8 Å². The molecule has 1 atom stereocenters. The summed E-state index contributed by atoms with van der Waals surface area (Å²) in [6.45, 7) is 4.47. The van der Waals surface area contributed by atoms with E-state index in [4.69, 9.17) is 14.5 Å². The number of aromatic nitrogens is 6. The van der Waals surface area contributed by atoms with Gasteiger partial charge in [-0.3, -0.25) is 9.69 Å². The summed E-state index contributed by atoms with van der Waals surface area (Å²) in [5, 5.41) is 7.51. The van der Waals surface area contributed by atoms with Crippen molar-refractivity contribution in [1.29, 1.82) is 0 Å². The van der Waals surface area contributed by atoms with Crippen LogP contribution in [0.3, 0.4) is 0 Å². The highest BCUT2D eigenvalue weighted by Gasteiger charge is 2.40. The van der Waals surface area contributed by atoms with Gasteiger partial charge in [0.05, 0.1) is 11.6 Å². The molecule has 3 aliphatic heterocycles. The van der Waals surface area contributed by atoms with E-state index in [2.05, 4.69) is 30.3 Å². The van der Waals surface area contributed by atoms with Crippen LogP contribution in [0.4, 0.5) is 21.7 Å². The Bertz CT molecular complexity index is 2010. The highest BCUT2D eigenvalue weighted by molar-refractivity contribution is 5.91. The lowest BCUT2D eigenvalue weighted by Gasteiger charge is -2.41. The maximum Gasteiger partial charge on any atom is 0.246 e. The highest BCUT2D eigenvalue weighted by Crippen LogP contribution is 2.36. The molecule has 14 heteroatoms. The highest BCUT2D eigenvalue weighted by atomic mass is 19.1. The lowest BCUT2D eigenvalue weighted by Crippen LogP contribution is -2.57. The molecule has 1 amide bonds. The molecule has 0 radical (unpaired) electrons. The summed E-state index contributed by atoms with van der Waals surface area (Å²) in [4.78, 5) is 37.0. The molecule has 0 aliphatic carbocycles. The smallest absolute Gasteiger partial charge is 0.246 e. The summed E-state index contributed by atoms with van der Waals surface area (Å²) < 4.78 is 28.7. The first kappa shape index (κ1) is 28.1. The Morgan fingerprint density at radius 2 is 2.02 bits per heavy atom. The Kier molecular flexibility index (Phi) is 6.67. The standard InChI is InChI=1S/C32H31FN10O3/c1-20-11-21(3-4-25(20)46-23-6-8-43-27(12-23)35-19-37-43)38-30-29-24(34-18-36-30)13-26-31(39-29)41-9-10-42(22(14-41)15-45-26)28(44)5-7-32(33)16-40(2)17-32/h3-8,11-13,18-19,22H,9-10,14-17H2,1-2H3,(H,34,36,38)/b7-5+/t22-/m1/s1. The number of ether oxygens (including phenoxy) is 2. The van der Waals surface area contributed by atoms with Crippen molar-refractivity contribution < 1.29 is 18.7 Å². The lowest BCUT2D eigenvalue weighted by atomic mass is 9.96. The molecule has 234 valence electrons. The second kappa shape index (κ2) is 10.9. The van der Waals surface area contributed by atoms with E-state index < -0.39 is 5.67 Å². The zero-order chi connectivity index (χ0) is 31.4. The van der Waals surface area contributed by atoms with Crippen molar-refractivity contribution in [2.75, 3.05) is 56.6 Å². The number of nitrogens with zero attached hydrogens (tertiary/aromatic N) is 9. The van der Waals surface area contributed by atoms with E-state index in [9.17, 15) is 9.18 Å². The largest absolute Gasteiger partial charge is 0.487 e. The van der Waals surface area contributed by atoms with Crippen LogP contribution in [-0.2, 0) is 4.79 Å². The summed E-state index contributed by atoms with van der Waals surface area (Å²) >= 11 is 0. The Labute approximate surface area is 263 Å². The summed E-state index contributed by atoms with van der Waals surface area (Å²) in [6.07, 6.45) is 7.56. The number of aryl methyl sites for hydroxylation is 1. The molecule has 5 aromatic rings. The van der Waals surface area contributed by atoms with E-state index in [0.717, 1.165) is 11.3 Å². The molecule has 13 nitrogen and oxygen atoms in total. The van der Waals surface area contributed by atoms with Gasteiger partial charge in [-0.2, -0.15) is 5.10 Å². The van der Waals surface area contributed by atoms with E-state index in [0.29, 0.717) is 84.9 Å². The summed E-state index contributed by atoms with van der Waals surface area (Å²) in [7, 11) is 1.85. The Morgan fingerprint density at radius 1 is 1.13 bits per heavy atom. The minimum absolute atomic E-state index is 0.200. The molecule has 1 N–H and O–H groups in total. The molecule has 46 heavy (non-hydrogen) atoms. The molecule has 0 spiro atoms. The first-order chi connectivity index (χ1) is 22.3. The number of alkyl halides is 1. The third-order valence-corrected chi connectivity index (χ3v) is 8.56. The van der Waals surface area contributed by atoms with Gasteiger partial charge in [0.2, 0.25) is 5.91 Å². The average molecular weight is 623 g/mol. The van der Waals surface area contributed by atoms with Crippen LogP contribution in [0.15, 0.2) is 67.4 Å². The zero-order valence-electron chi connectivity index (χ0n) is 25.3. The number of benzene rings is 1. The quantitative estimate of drug-likeness (QED) is 0.280. The van der Waals surface area contributed by atoms with Gasteiger partial charge in [0.25, 0.3) is 0 Å². The molecule has 0 unspecified atom stereocenters. The monoisotopic (exact) mass is 622 g/mol. The molecule has 8 rings (SSSR count). The van der Waals surface area contributed by atoms with Crippen LogP contribution < -0.4 is 19.7 Å². The number of hydrogen-bond donors (Lipinski definition) is 1. The lowest BCUT2D eigenvalue weighted by molar-refractivity contribution is -0.129. The van der Waals surface area contributed by atoms with Gasteiger partial charge >= 0.3 is 0 Å². The van der Waals surface area contributed by atoms with Gasteiger partial charge in [0, 0.05) is 62.8 Å². The van der Waals surface area contributed by atoms with Crippen molar-refractivity contribution in [2.45, 2.75) is 18.6 Å². The van der Waals surface area contributed by atoms with Gasteiger partial charge in [0.1, 0.15) is 36.3 Å². The SMILES string of the molecule is Cc1cc(Nc2ncnc3cc4c(nc23)N2CCN(C(=O)/C=C/C3(F)CN(C)C3)[C@@H](CO4)C2)ccc1Oc1ccn2ncnc2c1. The molecule has 4 aromatic heterocycles. The molecule has 7 heterocycles. The normalized spacial score (nSPS) is 19.1. The van der Waals surface area contributed by atoms with Crippen molar-refractivity contribution >= 4 is 39.9 Å². The summed E-state index contributed by atoms with van der Waals surface area (Å²) in [5.41, 5.74) is 2.23. The third kappa shape index (κ3) is 5.19. The van der Waals surface area contributed by atoms with Crippen molar-refractivity contribution in [1.82, 2.24) is 39.3 Å². The van der Waals surface area contributed by atoms with Crippen LogP contribution in [0.5, 0.6) is 17.2 Å².